The van der Waals surface area contributed by atoms with E-state index in [1.807, 2.05) is 6.07 Å². The lowest BCUT2D eigenvalue weighted by Crippen LogP contribution is -2.25. The zero-order chi connectivity index (χ0) is 18.4. The first kappa shape index (κ1) is 17.8. The van der Waals surface area contributed by atoms with Gasteiger partial charge in [-0.15, -0.1) is 0 Å². The van der Waals surface area contributed by atoms with E-state index in [1.54, 1.807) is 30.5 Å². The molecule has 1 saturated carbocycles. The summed E-state index contributed by atoms with van der Waals surface area (Å²) < 4.78 is 0. The molecule has 3 N–H and O–H groups in total. The number of anilines is 2. The van der Waals surface area contributed by atoms with Gasteiger partial charge in [-0.3, -0.25) is 4.79 Å². The third-order valence-corrected chi connectivity index (χ3v) is 4.56. The van der Waals surface area contributed by atoms with Gasteiger partial charge < -0.3 is 15.7 Å². The highest BCUT2D eigenvalue weighted by molar-refractivity contribution is 6.05. The van der Waals surface area contributed by atoms with E-state index in [0.29, 0.717) is 29.5 Å². The molecule has 2 aromatic rings. The van der Waals surface area contributed by atoms with Gasteiger partial charge in [0.15, 0.2) is 11.5 Å². The quantitative estimate of drug-likeness (QED) is 0.763. The zero-order valence-corrected chi connectivity index (χ0v) is 14.4. The highest BCUT2D eigenvalue weighted by atomic mass is 16.3. The number of amides is 1. The molecule has 26 heavy (non-hydrogen) atoms. The monoisotopic (exact) mass is 351 g/mol. The molecule has 1 aliphatic rings. The molecular weight excluding hydrogens is 330 g/mol. The highest BCUT2D eigenvalue weighted by Gasteiger charge is 2.20. The van der Waals surface area contributed by atoms with Crippen LogP contribution in [0.2, 0.25) is 0 Å². The molecule has 0 bridgehead atoms. The van der Waals surface area contributed by atoms with Gasteiger partial charge in [-0.2, -0.15) is 5.26 Å². The third kappa shape index (κ3) is 4.55. The van der Waals surface area contributed by atoms with Gasteiger partial charge in [-0.05, 0) is 55.9 Å². The van der Waals surface area contributed by atoms with E-state index in [0.717, 1.165) is 25.7 Å². The number of nitriles is 1. The van der Waals surface area contributed by atoms with E-state index in [-0.39, 0.29) is 17.7 Å². The van der Waals surface area contributed by atoms with Crippen LogP contribution in [0.5, 0.6) is 0 Å². The number of carbonyl (C=O) groups is 1. The molecule has 1 fully saturated rings. The second-order valence-corrected chi connectivity index (χ2v) is 6.45. The molecule has 3 rings (SSSR count). The summed E-state index contributed by atoms with van der Waals surface area (Å²) in [5.41, 5.74) is 1.35. The van der Waals surface area contributed by atoms with E-state index < -0.39 is 0 Å². The lowest BCUT2D eigenvalue weighted by molar-refractivity contribution is 0.102. The molecule has 1 amide bonds. The smallest absolute Gasteiger partial charge is 0.278 e. The number of rotatable bonds is 5. The Balaban J connectivity index is 1.64. The number of nitrogens with zero attached hydrogens (tertiary/aromatic N) is 3. The molecule has 1 aromatic heterocycles. The van der Waals surface area contributed by atoms with Crippen LogP contribution in [0.1, 0.15) is 41.7 Å². The van der Waals surface area contributed by atoms with Crippen molar-refractivity contribution in [2.45, 2.75) is 31.8 Å². The molecule has 7 heteroatoms. The standard InChI is InChI=1S/C19H21N5O2/c20-11-13-1-5-15(6-2-13)24-19(26)17-18(22-10-9-21-17)23-12-14-3-7-16(25)8-4-14/h1-2,5-6,9-10,14,16,25H,3-4,7-8,12H2,(H,22,23)(H,24,26). The molecule has 1 aliphatic carbocycles. The summed E-state index contributed by atoms with van der Waals surface area (Å²) in [7, 11) is 0. The average Bonchev–Trinajstić information content (AvgIpc) is 2.68. The van der Waals surface area contributed by atoms with E-state index in [4.69, 9.17) is 5.26 Å². The van der Waals surface area contributed by atoms with E-state index in [2.05, 4.69) is 20.6 Å². The average molecular weight is 351 g/mol. The first-order valence-electron chi connectivity index (χ1n) is 8.70. The Kier molecular flexibility index (Phi) is 5.77. The van der Waals surface area contributed by atoms with Crippen molar-refractivity contribution in [3.63, 3.8) is 0 Å². The van der Waals surface area contributed by atoms with Crippen molar-refractivity contribution in [2.75, 3.05) is 17.2 Å². The molecule has 1 heterocycles. The number of carbonyl (C=O) groups excluding carboxylic acids is 1. The largest absolute Gasteiger partial charge is 0.393 e. The van der Waals surface area contributed by atoms with Gasteiger partial charge in [0.05, 0.1) is 17.7 Å². The fourth-order valence-electron chi connectivity index (χ4n) is 3.04. The van der Waals surface area contributed by atoms with Crippen LogP contribution in [0.4, 0.5) is 11.5 Å². The number of benzene rings is 1. The Morgan fingerprint density at radius 3 is 2.54 bits per heavy atom. The Labute approximate surface area is 152 Å². The van der Waals surface area contributed by atoms with Gasteiger partial charge in [0.1, 0.15) is 0 Å². The maximum atomic E-state index is 12.5. The second-order valence-electron chi connectivity index (χ2n) is 6.45. The Morgan fingerprint density at radius 1 is 1.15 bits per heavy atom. The van der Waals surface area contributed by atoms with Crippen LogP contribution in [0.3, 0.4) is 0 Å². The number of hydrogen-bond donors (Lipinski definition) is 3. The van der Waals surface area contributed by atoms with Crippen molar-refractivity contribution in [1.29, 1.82) is 5.26 Å². The van der Waals surface area contributed by atoms with E-state index in [9.17, 15) is 9.90 Å². The first-order valence-corrected chi connectivity index (χ1v) is 8.70. The predicted molar refractivity (Wildman–Crippen MR) is 97.6 cm³/mol. The van der Waals surface area contributed by atoms with Crippen LogP contribution in [0.15, 0.2) is 36.7 Å². The van der Waals surface area contributed by atoms with Crippen molar-refractivity contribution in [3.05, 3.63) is 47.9 Å². The van der Waals surface area contributed by atoms with Crippen LogP contribution < -0.4 is 10.6 Å². The van der Waals surface area contributed by atoms with Crippen LogP contribution in [0, 0.1) is 17.2 Å². The Bertz CT molecular complexity index is 792. The van der Waals surface area contributed by atoms with Crippen molar-refractivity contribution in [2.24, 2.45) is 5.92 Å². The van der Waals surface area contributed by atoms with Crippen molar-refractivity contribution < 1.29 is 9.90 Å². The van der Waals surface area contributed by atoms with Gasteiger partial charge in [-0.1, -0.05) is 0 Å². The Hall–Kier alpha value is -2.98. The van der Waals surface area contributed by atoms with E-state index >= 15 is 0 Å². The SMILES string of the molecule is N#Cc1ccc(NC(=O)c2nccnc2NCC2CCC(O)CC2)cc1. The maximum Gasteiger partial charge on any atom is 0.278 e. The molecule has 0 aliphatic heterocycles. The molecule has 134 valence electrons. The molecule has 1 aromatic carbocycles. The fourth-order valence-corrected chi connectivity index (χ4v) is 3.04. The minimum atomic E-state index is -0.357. The molecule has 0 radical (unpaired) electrons. The summed E-state index contributed by atoms with van der Waals surface area (Å²) in [5, 5.41) is 24.4. The second kappa shape index (κ2) is 8.41. The lowest BCUT2D eigenvalue weighted by atomic mass is 9.87. The van der Waals surface area contributed by atoms with Crippen molar-refractivity contribution in [1.82, 2.24) is 9.97 Å². The van der Waals surface area contributed by atoms with Gasteiger partial charge in [0.2, 0.25) is 0 Å². The number of hydrogen-bond acceptors (Lipinski definition) is 6. The number of nitrogens with one attached hydrogen (secondary N) is 2. The van der Waals surface area contributed by atoms with Crippen LogP contribution in [0.25, 0.3) is 0 Å². The minimum Gasteiger partial charge on any atom is -0.393 e. The maximum absolute atomic E-state index is 12.5. The van der Waals surface area contributed by atoms with Crippen LogP contribution >= 0.6 is 0 Å². The molecule has 0 unspecified atom stereocenters. The molecule has 0 saturated heterocycles. The summed E-state index contributed by atoms with van der Waals surface area (Å²) in [4.78, 5) is 20.9. The third-order valence-electron chi connectivity index (χ3n) is 4.56. The normalized spacial score (nSPS) is 19.4. The van der Waals surface area contributed by atoms with Crippen LogP contribution in [-0.4, -0.2) is 33.6 Å². The number of aliphatic hydroxyl groups excluding tert-OH is 1. The fraction of sp³-hybridized carbons (Fsp3) is 0.368. The summed E-state index contributed by atoms with van der Waals surface area (Å²) >= 11 is 0. The van der Waals surface area contributed by atoms with Gasteiger partial charge >= 0.3 is 0 Å². The summed E-state index contributed by atoms with van der Waals surface area (Å²) in [6, 6.07) is 8.67. The van der Waals surface area contributed by atoms with E-state index in [1.165, 1.54) is 6.20 Å². The first-order chi connectivity index (χ1) is 12.7. The van der Waals surface area contributed by atoms with Gasteiger partial charge in [0.25, 0.3) is 5.91 Å². The number of aromatic nitrogens is 2. The highest BCUT2D eigenvalue weighted by Crippen LogP contribution is 2.24. The molecule has 0 atom stereocenters. The molecule has 0 spiro atoms. The van der Waals surface area contributed by atoms with Crippen LogP contribution in [-0.2, 0) is 0 Å². The predicted octanol–water partition coefficient (Wildman–Crippen LogP) is 2.56. The van der Waals surface area contributed by atoms with Crippen molar-refractivity contribution >= 4 is 17.4 Å². The summed E-state index contributed by atoms with van der Waals surface area (Å²) in [5.74, 6) is 0.545. The zero-order valence-electron chi connectivity index (χ0n) is 14.4. The lowest BCUT2D eigenvalue weighted by Gasteiger charge is -2.25. The van der Waals surface area contributed by atoms with Crippen molar-refractivity contribution in [3.8, 4) is 6.07 Å². The topological polar surface area (TPSA) is 111 Å². The summed E-state index contributed by atoms with van der Waals surface area (Å²) in [6.07, 6.45) is 6.40. The molecule has 7 nitrogen and oxygen atoms in total. The van der Waals surface area contributed by atoms with Gasteiger partial charge in [0, 0.05) is 24.6 Å². The molecular formula is C19H21N5O2. The Morgan fingerprint density at radius 2 is 1.85 bits per heavy atom. The number of aliphatic hydroxyl groups is 1. The minimum absolute atomic E-state index is 0.184. The summed E-state index contributed by atoms with van der Waals surface area (Å²) in [6.45, 7) is 0.697. The van der Waals surface area contributed by atoms with Gasteiger partial charge in [-0.25, -0.2) is 9.97 Å².